The standard InChI is InChI=1S/C13H20N4O.ClH/c1-2-13(5-3-6-13)15-12(18)11-9-8-14-7-4-10(9)16-17-11;/h14H,2-8H2,1H3,(H,15,18)(H,16,17);1H. The van der Waals surface area contributed by atoms with Gasteiger partial charge in [-0.3, -0.25) is 9.89 Å². The number of aromatic amines is 1. The van der Waals surface area contributed by atoms with Crippen LogP contribution < -0.4 is 10.6 Å². The molecule has 3 rings (SSSR count). The lowest BCUT2D eigenvalue weighted by molar-refractivity contribution is 0.0814. The van der Waals surface area contributed by atoms with Gasteiger partial charge in [-0.05, 0) is 25.7 Å². The van der Waals surface area contributed by atoms with Gasteiger partial charge >= 0.3 is 0 Å². The summed E-state index contributed by atoms with van der Waals surface area (Å²) in [6.45, 7) is 3.84. The Morgan fingerprint density at radius 1 is 1.47 bits per heavy atom. The first-order valence-corrected chi connectivity index (χ1v) is 6.83. The van der Waals surface area contributed by atoms with Gasteiger partial charge in [-0.1, -0.05) is 6.92 Å². The summed E-state index contributed by atoms with van der Waals surface area (Å²) in [5, 5.41) is 13.7. The molecule has 0 atom stereocenters. The fraction of sp³-hybridized carbons (Fsp3) is 0.692. The monoisotopic (exact) mass is 284 g/mol. The van der Waals surface area contributed by atoms with E-state index in [0.717, 1.165) is 50.0 Å². The highest BCUT2D eigenvalue weighted by molar-refractivity contribution is 5.94. The van der Waals surface area contributed by atoms with E-state index >= 15 is 0 Å². The largest absolute Gasteiger partial charge is 0.345 e. The van der Waals surface area contributed by atoms with Gasteiger partial charge in [0.15, 0.2) is 5.69 Å². The summed E-state index contributed by atoms with van der Waals surface area (Å²) < 4.78 is 0. The molecule has 3 N–H and O–H groups in total. The molecule has 1 aromatic rings. The number of aromatic nitrogens is 2. The van der Waals surface area contributed by atoms with Gasteiger partial charge in [0.05, 0.1) is 0 Å². The van der Waals surface area contributed by atoms with E-state index < -0.39 is 0 Å². The molecule has 0 bridgehead atoms. The average Bonchev–Trinajstić information content (AvgIpc) is 2.77. The van der Waals surface area contributed by atoms with Crippen LogP contribution in [0.25, 0.3) is 0 Å². The van der Waals surface area contributed by atoms with Crippen molar-refractivity contribution in [3.05, 3.63) is 17.0 Å². The molecule has 2 heterocycles. The Balaban J connectivity index is 0.00000133. The van der Waals surface area contributed by atoms with Crippen LogP contribution in [0.5, 0.6) is 0 Å². The lowest BCUT2D eigenvalue weighted by atomic mass is 9.75. The molecule has 6 heteroatoms. The number of amides is 1. The highest BCUT2D eigenvalue weighted by Gasteiger charge is 2.37. The zero-order chi connectivity index (χ0) is 12.6. The highest BCUT2D eigenvalue weighted by atomic mass is 35.5. The Hall–Kier alpha value is -1.07. The molecule has 0 unspecified atom stereocenters. The molecule has 1 aromatic heterocycles. The predicted molar refractivity (Wildman–Crippen MR) is 75.6 cm³/mol. The van der Waals surface area contributed by atoms with E-state index in [1.807, 2.05) is 0 Å². The Bertz CT molecular complexity index is 462. The molecule has 1 fully saturated rings. The Kier molecular flexibility index (Phi) is 4.16. The van der Waals surface area contributed by atoms with Crippen molar-refractivity contribution in [2.24, 2.45) is 0 Å². The normalized spacial score (nSPS) is 19.8. The van der Waals surface area contributed by atoms with Gasteiger partial charge in [0.1, 0.15) is 0 Å². The Morgan fingerprint density at radius 2 is 2.26 bits per heavy atom. The number of hydrogen-bond donors (Lipinski definition) is 3. The summed E-state index contributed by atoms with van der Waals surface area (Å²) in [5.74, 6) is -0.0160. The molecule has 0 radical (unpaired) electrons. The van der Waals surface area contributed by atoms with Crippen LogP contribution in [0, 0.1) is 0 Å². The van der Waals surface area contributed by atoms with Crippen molar-refractivity contribution in [1.29, 1.82) is 0 Å². The molecule has 1 aliphatic heterocycles. The number of nitrogens with one attached hydrogen (secondary N) is 3. The molecule has 19 heavy (non-hydrogen) atoms. The molecule has 0 saturated heterocycles. The van der Waals surface area contributed by atoms with Crippen molar-refractivity contribution in [2.45, 2.75) is 51.1 Å². The van der Waals surface area contributed by atoms with E-state index in [4.69, 9.17) is 0 Å². The van der Waals surface area contributed by atoms with Gasteiger partial charge in [0.2, 0.25) is 0 Å². The smallest absolute Gasteiger partial charge is 0.272 e. The second kappa shape index (κ2) is 5.51. The molecular weight excluding hydrogens is 264 g/mol. The maximum Gasteiger partial charge on any atom is 0.272 e. The van der Waals surface area contributed by atoms with Crippen molar-refractivity contribution >= 4 is 18.3 Å². The van der Waals surface area contributed by atoms with E-state index in [1.54, 1.807) is 0 Å². The molecule has 0 spiro atoms. The van der Waals surface area contributed by atoms with Crippen LogP contribution in [0.15, 0.2) is 0 Å². The SMILES string of the molecule is CCC1(NC(=O)c2n[nH]c3c2CNCC3)CCC1.Cl. The third-order valence-electron chi connectivity index (χ3n) is 4.39. The van der Waals surface area contributed by atoms with Crippen molar-refractivity contribution < 1.29 is 4.79 Å². The molecular formula is C13H21ClN4O. The average molecular weight is 285 g/mol. The van der Waals surface area contributed by atoms with E-state index in [-0.39, 0.29) is 23.9 Å². The Morgan fingerprint density at radius 3 is 2.89 bits per heavy atom. The summed E-state index contributed by atoms with van der Waals surface area (Å²) in [5.41, 5.74) is 2.77. The van der Waals surface area contributed by atoms with Crippen LogP contribution in [0.4, 0.5) is 0 Å². The second-order valence-corrected chi connectivity index (χ2v) is 5.40. The summed E-state index contributed by atoms with van der Waals surface area (Å²) in [4.78, 5) is 12.3. The number of rotatable bonds is 3. The first kappa shape index (κ1) is 14.3. The van der Waals surface area contributed by atoms with E-state index in [2.05, 4.69) is 27.8 Å². The zero-order valence-corrected chi connectivity index (χ0v) is 12.0. The minimum Gasteiger partial charge on any atom is -0.345 e. The second-order valence-electron chi connectivity index (χ2n) is 5.40. The van der Waals surface area contributed by atoms with Crippen molar-refractivity contribution in [2.75, 3.05) is 6.54 Å². The molecule has 1 amide bonds. The van der Waals surface area contributed by atoms with Crippen LogP contribution in [0.1, 0.15) is 54.4 Å². The van der Waals surface area contributed by atoms with E-state index in [0.29, 0.717) is 5.69 Å². The van der Waals surface area contributed by atoms with Crippen molar-refractivity contribution in [3.63, 3.8) is 0 Å². The quantitative estimate of drug-likeness (QED) is 0.789. The minimum atomic E-state index is -0.0160. The molecule has 0 aromatic carbocycles. The number of carbonyl (C=O) groups is 1. The van der Waals surface area contributed by atoms with Crippen LogP contribution in [0.3, 0.4) is 0 Å². The van der Waals surface area contributed by atoms with Gasteiger partial charge < -0.3 is 10.6 Å². The summed E-state index contributed by atoms with van der Waals surface area (Å²) in [6.07, 6.45) is 5.34. The van der Waals surface area contributed by atoms with E-state index in [9.17, 15) is 4.79 Å². The zero-order valence-electron chi connectivity index (χ0n) is 11.2. The van der Waals surface area contributed by atoms with Crippen LogP contribution >= 0.6 is 12.4 Å². The summed E-state index contributed by atoms with van der Waals surface area (Å²) in [6, 6.07) is 0. The van der Waals surface area contributed by atoms with Crippen molar-refractivity contribution in [3.8, 4) is 0 Å². The topological polar surface area (TPSA) is 69.8 Å². The highest BCUT2D eigenvalue weighted by Crippen LogP contribution is 2.35. The lowest BCUT2D eigenvalue weighted by Crippen LogP contribution is -2.53. The van der Waals surface area contributed by atoms with Gasteiger partial charge in [-0.2, -0.15) is 5.10 Å². The first-order valence-electron chi connectivity index (χ1n) is 6.83. The van der Waals surface area contributed by atoms with Crippen LogP contribution in [0.2, 0.25) is 0 Å². The van der Waals surface area contributed by atoms with Crippen LogP contribution in [-0.2, 0) is 13.0 Å². The lowest BCUT2D eigenvalue weighted by Gasteiger charge is -2.41. The number of fused-ring (bicyclic) bond motifs is 1. The van der Waals surface area contributed by atoms with Crippen molar-refractivity contribution in [1.82, 2.24) is 20.8 Å². The molecule has 106 valence electrons. The third-order valence-corrected chi connectivity index (χ3v) is 4.39. The first-order chi connectivity index (χ1) is 8.74. The summed E-state index contributed by atoms with van der Waals surface area (Å²) in [7, 11) is 0. The number of halogens is 1. The molecule has 1 aliphatic carbocycles. The number of carbonyl (C=O) groups excluding carboxylic acids is 1. The third kappa shape index (κ3) is 2.49. The molecule has 1 saturated carbocycles. The van der Waals surface area contributed by atoms with Gasteiger partial charge in [0.25, 0.3) is 5.91 Å². The predicted octanol–water partition coefficient (Wildman–Crippen LogP) is 1.54. The summed E-state index contributed by atoms with van der Waals surface area (Å²) >= 11 is 0. The van der Waals surface area contributed by atoms with Gasteiger partial charge in [-0.25, -0.2) is 0 Å². The Labute approximate surface area is 119 Å². The van der Waals surface area contributed by atoms with Crippen LogP contribution in [-0.4, -0.2) is 28.2 Å². The maximum absolute atomic E-state index is 12.3. The number of hydrogen-bond acceptors (Lipinski definition) is 3. The molecule has 2 aliphatic rings. The van der Waals surface area contributed by atoms with Gasteiger partial charge in [-0.15, -0.1) is 12.4 Å². The fourth-order valence-electron chi connectivity index (χ4n) is 2.88. The van der Waals surface area contributed by atoms with Gasteiger partial charge in [0, 0.05) is 36.3 Å². The minimum absolute atomic E-state index is 0. The fourth-order valence-corrected chi connectivity index (χ4v) is 2.88. The van der Waals surface area contributed by atoms with E-state index in [1.165, 1.54) is 6.42 Å². The molecule has 5 nitrogen and oxygen atoms in total. The maximum atomic E-state index is 12.3. The number of nitrogens with zero attached hydrogens (tertiary/aromatic N) is 1. The number of H-pyrrole nitrogens is 1.